The third-order valence-corrected chi connectivity index (χ3v) is 6.19. The number of halogens is 2. The predicted octanol–water partition coefficient (Wildman–Crippen LogP) is 5.92. The topological polar surface area (TPSA) is 53.5 Å². The Morgan fingerprint density at radius 1 is 1.06 bits per heavy atom. The zero-order chi connectivity index (χ0) is 22.1. The van der Waals surface area contributed by atoms with Gasteiger partial charge in [-0.1, -0.05) is 59.6 Å². The monoisotopic (exact) mass is 453 g/mol. The van der Waals surface area contributed by atoms with Gasteiger partial charge in [0.2, 0.25) is 5.91 Å². The molecule has 5 nitrogen and oxygen atoms in total. The fourth-order valence-electron chi connectivity index (χ4n) is 4.18. The molecular weight excluding hydrogens is 433 g/mol. The van der Waals surface area contributed by atoms with Gasteiger partial charge in [-0.05, 0) is 43.2 Å². The van der Waals surface area contributed by atoms with Gasteiger partial charge in [-0.25, -0.2) is 4.98 Å². The van der Waals surface area contributed by atoms with Crippen LogP contribution in [-0.4, -0.2) is 22.8 Å². The Hall–Kier alpha value is -2.89. The molecule has 2 unspecified atom stereocenters. The second kappa shape index (κ2) is 8.69. The van der Waals surface area contributed by atoms with Gasteiger partial charge in [-0.2, -0.15) is 0 Å². The molecule has 0 radical (unpaired) electrons. The summed E-state index contributed by atoms with van der Waals surface area (Å²) in [6.45, 7) is 3.55. The first-order valence-corrected chi connectivity index (χ1v) is 10.7. The summed E-state index contributed by atoms with van der Waals surface area (Å²) in [7, 11) is 0. The van der Waals surface area contributed by atoms with Crippen LogP contribution < -0.4 is 9.80 Å². The second-order valence-electron chi connectivity index (χ2n) is 7.56. The average Bonchev–Trinajstić information content (AvgIpc) is 2.76. The quantitative estimate of drug-likeness (QED) is 0.462. The van der Waals surface area contributed by atoms with E-state index in [4.69, 9.17) is 23.2 Å². The maximum absolute atomic E-state index is 13.4. The van der Waals surface area contributed by atoms with Gasteiger partial charge in [0.15, 0.2) is 0 Å². The van der Waals surface area contributed by atoms with Crippen LogP contribution in [0.25, 0.3) is 0 Å². The Morgan fingerprint density at radius 3 is 2.42 bits per heavy atom. The molecule has 1 aliphatic heterocycles. The number of benzene rings is 2. The van der Waals surface area contributed by atoms with Crippen molar-refractivity contribution >= 4 is 46.4 Å². The van der Waals surface area contributed by atoms with Crippen molar-refractivity contribution in [3.8, 4) is 0 Å². The van der Waals surface area contributed by atoms with Gasteiger partial charge in [0.25, 0.3) is 5.91 Å². The summed E-state index contributed by atoms with van der Waals surface area (Å²) in [6.07, 6.45) is 2.02. The third kappa shape index (κ3) is 4.03. The number of rotatable bonds is 3. The van der Waals surface area contributed by atoms with E-state index in [1.54, 1.807) is 16.7 Å². The molecule has 1 aromatic heterocycles. The first-order chi connectivity index (χ1) is 14.9. The maximum atomic E-state index is 13.4. The molecule has 0 N–H and O–H groups in total. The van der Waals surface area contributed by atoms with Crippen molar-refractivity contribution in [1.82, 2.24) is 4.98 Å². The van der Waals surface area contributed by atoms with Crippen LogP contribution in [0.2, 0.25) is 10.2 Å². The van der Waals surface area contributed by atoms with E-state index >= 15 is 0 Å². The van der Waals surface area contributed by atoms with Crippen LogP contribution in [0.1, 0.15) is 42.2 Å². The van der Waals surface area contributed by atoms with Crippen LogP contribution in [0.3, 0.4) is 0 Å². The SMILES string of the molecule is CC(=O)N(c1ccccc1)C1CC(C)N(C(=O)c2cnc(Cl)c(Cl)c2)c2ccccc21. The summed E-state index contributed by atoms with van der Waals surface area (Å²) in [6, 6.07) is 18.5. The van der Waals surface area contributed by atoms with Gasteiger partial charge in [-0.3, -0.25) is 9.59 Å². The van der Waals surface area contributed by atoms with Gasteiger partial charge in [0.1, 0.15) is 5.15 Å². The van der Waals surface area contributed by atoms with Crippen molar-refractivity contribution in [2.75, 3.05) is 9.80 Å². The molecule has 0 bridgehead atoms. The van der Waals surface area contributed by atoms with E-state index < -0.39 is 0 Å². The molecule has 1 aliphatic rings. The van der Waals surface area contributed by atoms with E-state index in [0.29, 0.717) is 12.0 Å². The highest BCUT2D eigenvalue weighted by Crippen LogP contribution is 2.42. The summed E-state index contributed by atoms with van der Waals surface area (Å²) >= 11 is 12.0. The van der Waals surface area contributed by atoms with E-state index in [2.05, 4.69) is 4.98 Å². The molecular formula is C24H21Cl2N3O2. The number of pyridine rings is 1. The Kier molecular flexibility index (Phi) is 5.99. The average molecular weight is 454 g/mol. The zero-order valence-electron chi connectivity index (χ0n) is 17.1. The number of hydrogen-bond acceptors (Lipinski definition) is 3. The van der Waals surface area contributed by atoms with Gasteiger partial charge >= 0.3 is 0 Å². The van der Waals surface area contributed by atoms with Gasteiger partial charge in [0, 0.05) is 30.5 Å². The maximum Gasteiger partial charge on any atom is 0.260 e. The highest BCUT2D eigenvalue weighted by atomic mass is 35.5. The standard InChI is InChI=1S/C24H21Cl2N3O2/c1-15-12-22(29(16(2)30)18-8-4-3-5-9-18)19-10-6-7-11-21(19)28(15)24(31)17-13-20(25)23(26)27-14-17/h3-11,13-15,22H,12H2,1-2H3. The van der Waals surface area contributed by atoms with Crippen molar-refractivity contribution in [3.05, 3.63) is 88.2 Å². The number of hydrogen-bond donors (Lipinski definition) is 0. The molecule has 0 fully saturated rings. The van der Waals surface area contributed by atoms with Crippen molar-refractivity contribution in [2.24, 2.45) is 0 Å². The molecule has 31 heavy (non-hydrogen) atoms. The van der Waals surface area contributed by atoms with Gasteiger partial charge < -0.3 is 9.80 Å². The van der Waals surface area contributed by atoms with E-state index in [0.717, 1.165) is 16.9 Å². The second-order valence-corrected chi connectivity index (χ2v) is 8.32. The number of amides is 2. The Morgan fingerprint density at radius 2 is 1.74 bits per heavy atom. The number of anilines is 2. The van der Waals surface area contributed by atoms with E-state index in [9.17, 15) is 9.59 Å². The largest absolute Gasteiger partial charge is 0.305 e. The lowest BCUT2D eigenvalue weighted by Gasteiger charge is -2.43. The fraction of sp³-hybridized carbons (Fsp3) is 0.208. The van der Waals surface area contributed by atoms with Crippen LogP contribution in [0.4, 0.5) is 11.4 Å². The highest BCUT2D eigenvalue weighted by molar-refractivity contribution is 6.41. The zero-order valence-corrected chi connectivity index (χ0v) is 18.6. The smallest absolute Gasteiger partial charge is 0.260 e. The van der Waals surface area contributed by atoms with Crippen LogP contribution in [0, 0.1) is 0 Å². The number of fused-ring (bicyclic) bond motifs is 1. The lowest BCUT2D eigenvalue weighted by Crippen LogP contribution is -2.47. The van der Waals surface area contributed by atoms with E-state index in [1.807, 2.05) is 61.5 Å². The molecule has 0 aliphatic carbocycles. The van der Waals surface area contributed by atoms with Crippen molar-refractivity contribution < 1.29 is 9.59 Å². The molecule has 2 aromatic carbocycles. The van der Waals surface area contributed by atoms with Crippen molar-refractivity contribution in [2.45, 2.75) is 32.4 Å². The predicted molar refractivity (Wildman–Crippen MR) is 124 cm³/mol. The lowest BCUT2D eigenvalue weighted by molar-refractivity contribution is -0.117. The Labute approximate surface area is 191 Å². The van der Waals surface area contributed by atoms with Crippen molar-refractivity contribution in [1.29, 1.82) is 0 Å². The molecule has 2 heterocycles. The number of para-hydroxylation sites is 2. The Balaban J connectivity index is 1.78. The minimum Gasteiger partial charge on any atom is -0.305 e. The summed E-state index contributed by atoms with van der Waals surface area (Å²) in [5.41, 5.74) is 2.88. The van der Waals surface area contributed by atoms with Crippen molar-refractivity contribution in [3.63, 3.8) is 0 Å². The number of carbonyl (C=O) groups is 2. The Bertz CT molecular complexity index is 1140. The number of carbonyl (C=O) groups excluding carboxylic acids is 2. The molecule has 7 heteroatoms. The summed E-state index contributed by atoms with van der Waals surface area (Å²) in [5, 5.41) is 0.389. The molecule has 3 aromatic rings. The molecule has 0 saturated carbocycles. The minimum atomic E-state index is -0.210. The normalized spacial score (nSPS) is 17.7. The van der Waals surface area contributed by atoms with Crippen LogP contribution >= 0.6 is 23.2 Å². The van der Waals surface area contributed by atoms with Gasteiger partial charge in [0.05, 0.1) is 16.6 Å². The lowest BCUT2D eigenvalue weighted by atomic mass is 9.89. The molecule has 4 rings (SSSR count). The molecule has 158 valence electrons. The summed E-state index contributed by atoms with van der Waals surface area (Å²) < 4.78 is 0. The van der Waals surface area contributed by atoms with E-state index in [-0.39, 0.29) is 34.1 Å². The fourth-order valence-corrected chi connectivity index (χ4v) is 4.45. The molecule has 2 atom stereocenters. The molecule has 0 spiro atoms. The molecule has 0 saturated heterocycles. The molecule has 2 amide bonds. The van der Waals surface area contributed by atoms with Crippen LogP contribution in [0.15, 0.2) is 66.9 Å². The first kappa shape index (κ1) is 21.3. The highest BCUT2D eigenvalue weighted by Gasteiger charge is 2.38. The first-order valence-electron chi connectivity index (χ1n) is 9.97. The number of aromatic nitrogens is 1. The van der Waals surface area contributed by atoms with Crippen LogP contribution in [0.5, 0.6) is 0 Å². The minimum absolute atomic E-state index is 0.0494. The van der Waals surface area contributed by atoms with E-state index in [1.165, 1.54) is 12.3 Å². The summed E-state index contributed by atoms with van der Waals surface area (Å²) in [4.78, 5) is 33.7. The summed E-state index contributed by atoms with van der Waals surface area (Å²) in [5.74, 6) is -0.259. The van der Waals surface area contributed by atoms with Crippen LogP contribution in [-0.2, 0) is 4.79 Å². The third-order valence-electron chi connectivity index (χ3n) is 5.51. The number of nitrogens with zero attached hydrogens (tertiary/aromatic N) is 3. The van der Waals surface area contributed by atoms with Gasteiger partial charge in [-0.15, -0.1) is 0 Å².